The molecular weight excluding hydrogens is 428 g/mol. The predicted molar refractivity (Wildman–Crippen MR) is 137 cm³/mol. The largest absolute Gasteiger partial charge is 0.497 e. The van der Waals surface area contributed by atoms with E-state index in [1.165, 1.54) is 0 Å². The zero-order chi connectivity index (χ0) is 24.2. The summed E-state index contributed by atoms with van der Waals surface area (Å²) in [4.78, 5) is 33.6. The van der Waals surface area contributed by atoms with E-state index in [0.717, 1.165) is 53.7 Å². The Morgan fingerprint density at radius 3 is 2.62 bits per heavy atom. The molecule has 1 unspecified atom stereocenters. The third-order valence-corrected chi connectivity index (χ3v) is 6.85. The number of hydrogen-bond acceptors (Lipinski definition) is 4. The number of aromatic nitrogens is 1. The number of hydrogen-bond donors (Lipinski definition) is 2. The van der Waals surface area contributed by atoms with E-state index in [0.29, 0.717) is 17.8 Å². The van der Waals surface area contributed by atoms with E-state index in [-0.39, 0.29) is 24.2 Å². The Labute approximate surface area is 200 Å². The van der Waals surface area contributed by atoms with Gasteiger partial charge in [0.2, 0.25) is 0 Å². The molecule has 0 aliphatic carbocycles. The Kier molecular flexibility index (Phi) is 7.22. The molecule has 2 N–H and O–H groups in total. The van der Waals surface area contributed by atoms with Crippen molar-refractivity contribution in [3.8, 4) is 5.75 Å². The standard InChI is InChI=1S/C27H34N4O3/c1-5-30-14-6-7-22(30)17-31(27(33)28-21-10-12-23(34-4)13-11-21)16-20-15-24-18(2)8-9-19(3)25(24)29-26(20)32/h8-13,15,22H,5-7,14,16-17H2,1-4H3,(H,28,33)(H,29,32). The van der Waals surface area contributed by atoms with Gasteiger partial charge in [-0.25, -0.2) is 4.79 Å². The monoisotopic (exact) mass is 462 g/mol. The number of methoxy groups -OCH3 is 1. The Hall–Kier alpha value is -3.32. The molecule has 3 aromatic rings. The second-order valence-electron chi connectivity index (χ2n) is 9.08. The molecule has 0 bridgehead atoms. The number of pyridine rings is 1. The van der Waals surface area contributed by atoms with Gasteiger partial charge in [-0.05, 0) is 81.2 Å². The molecule has 2 aromatic carbocycles. The van der Waals surface area contributed by atoms with Crippen molar-refractivity contribution in [1.29, 1.82) is 0 Å². The quantitative estimate of drug-likeness (QED) is 0.535. The Morgan fingerprint density at radius 2 is 1.91 bits per heavy atom. The van der Waals surface area contributed by atoms with Crippen molar-refractivity contribution < 1.29 is 9.53 Å². The van der Waals surface area contributed by atoms with Crippen molar-refractivity contribution in [3.63, 3.8) is 0 Å². The number of nitrogens with one attached hydrogen (secondary N) is 2. The van der Waals surface area contributed by atoms with Crippen LogP contribution in [0.15, 0.2) is 47.3 Å². The molecule has 1 aliphatic heterocycles. The van der Waals surface area contributed by atoms with Gasteiger partial charge in [0, 0.05) is 29.2 Å². The molecule has 7 nitrogen and oxygen atoms in total. The number of likely N-dealkylation sites (N-methyl/N-ethyl adjacent to an activating group) is 1. The zero-order valence-corrected chi connectivity index (χ0v) is 20.5. The third-order valence-electron chi connectivity index (χ3n) is 6.85. The van der Waals surface area contributed by atoms with Crippen LogP contribution < -0.4 is 15.6 Å². The highest BCUT2D eigenvalue weighted by Gasteiger charge is 2.28. The number of aryl methyl sites for hydroxylation is 2. The number of urea groups is 1. The van der Waals surface area contributed by atoms with Gasteiger partial charge in [-0.3, -0.25) is 9.69 Å². The van der Waals surface area contributed by atoms with Crippen LogP contribution in [-0.4, -0.2) is 53.6 Å². The number of nitrogens with zero attached hydrogens (tertiary/aromatic N) is 2. The summed E-state index contributed by atoms with van der Waals surface area (Å²) in [5.74, 6) is 0.729. The minimum atomic E-state index is -0.214. The highest BCUT2D eigenvalue weighted by Crippen LogP contribution is 2.23. The van der Waals surface area contributed by atoms with Crippen LogP contribution in [0.5, 0.6) is 5.75 Å². The lowest BCUT2D eigenvalue weighted by Gasteiger charge is -2.30. The van der Waals surface area contributed by atoms with Gasteiger partial charge >= 0.3 is 6.03 Å². The SMILES string of the molecule is CCN1CCCC1CN(Cc1cc2c(C)ccc(C)c2[nH]c1=O)C(=O)Nc1ccc(OC)cc1. The van der Waals surface area contributed by atoms with Crippen LogP contribution in [0.1, 0.15) is 36.5 Å². The zero-order valence-electron chi connectivity index (χ0n) is 20.5. The first-order valence-corrected chi connectivity index (χ1v) is 12.0. The number of carbonyl (C=O) groups excluding carboxylic acids is 1. The topological polar surface area (TPSA) is 77.7 Å². The fourth-order valence-electron chi connectivity index (χ4n) is 4.81. The number of carbonyl (C=O) groups is 1. The van der Waals surface area contributed by atoms with Crippen LogP contribution in [0.2, 0.25) is 0 Å². The molecule has 1 fully saturated rings. The molecule has 180 valence electrons. The molecule has 1 aromatic heterocycles. The number of H-pyrrole nitrogens is 1. The number of amides is 2. The lowest BCUT2D eigenvalue weighted by Crippen LogP contribution is -2.45. The van der Waals surface area contributed by atoms with Crippen LogP contribution in [0.25, 0.3) is 10.9 Å². The molecule has 7 heteroatoms. The van der Waals surface area contributed by atoms with E-state index in [4.69, 9.17) is 4.74 Å². The minimum absolute atomic E-state index is 0.151. The second-order valence-corrected chi connectivity index (χ2v) is 9.08. The Bertz CT molecular complexity index is 1220. The molecule has 1 saturated heterocycles. The van der Waals surface area contributed by atoms with E-state index in [2.05, 4.69) is 28.2 Å². The van der Waals surface area contributed by atoms with Crippen LogP contribution >= 0.6 is 0 Å². The summed E-state index contributed by atoms with van der Waals surface area (Å²) in [6.07, 6.45) is 2.17. The normalized spacial score (nSPS) is 16.1. The molecular formula is C27H34N4O3. The molecule has 2 amide bonds. The summed E-state index contributed by atoms with van der Waals surface area (Å²) in [5, 5.41) is 4.01. The summed E-state index contributed by atoms with van der Waals surface area (Å²) in [7, 11) is 1.61. The van der Waals surface area contributed by atoms with Crippen LogP contribution in [0.3, 0.4) is 0 Å². The third kappa shape index (κ3) is 5.09. The maximum atomic E-state index is 13.4. The van der Waals surface area contributed by atoms with Crippen molar-refractivity contribution in [2.45, 2.75) is 46.2 Å². The van der Waals surface area contributed by atoms with Gasteiger partial charge in [0.1, 0.15) is 5.75 Å². The fraction of sp³-hybridized carbons (Fsp3) is 0.407. The number of aromatic amines is 1. The molecule has 0 radical (unpaired) electrons. The van der Waals surface area contributed by atoms with Crippen LogP contribution in [-0.2, 0) is 6.54 Å². The van der Waals surface area contributed by atoms with E-state index in [1.54, 1.807) is 12.0 Å². The van der Waals surface area contributed by atoms with E-state index in [1.807, 2.05) is 50.2 Å². The van der Waals surface area contributed by atoms with Crippen molar-refractivity contribution in [2.24, 2.45) is 0 Å². The van der Waals surface area contributed by atoms with Gasteiger partial charge in [-0.2, -0.15) is 0 Å². The summed E-state index contributed by atoms with van der Waals surface area (Å²) in [6, 6.07) is 13.4. The van der Waals surface area contributed by atoms with Gasteiger partial charge in [0.05, 0.1) is 19.2 Å². The van der Waals surface area contributed by atoms with Crippen molar-refractivity contribution in [3.05, 3.63) is 69.5 Å². The van der Waals surface area contributed by atoms with Crippen LogP contribution in [0, 0.1) is 13.8 Å². The first-order valence-electron chi connectivity index (χ1n) is 12.0. The average Bonchev–Trinajstić information content (AvgIpc) is 3.29. The molecule has 0 spiro atoms. The highest BCUT2D eigenvalue weighted by atomic mass is 16.5. The van der Waals surface area contributed by atoms with Gasteiger partial charge in [-0.15, -0.1) is 0 Å². The molecule has 1 aliphatic rings. The maximum absolute atomic E-state index is 13.4. The lowest BCUT2D eigenvalue weighted by molar-refractivity contribution is 0.174. The highest BCUT2D eigenvalue weighted by molar-refractivity contribution is 5.89. The van der Waals surface area contributed by atoms with Gasteiger partial charge in [0.15, 0.2) is 0 Å². The van der Waals surface area contributed by atoms with Crippen molar-refractivity contribution in [2.75, 3.05) is 32.1 Å². The first-order chi connectivity index (χ1) is 16.4. The number of ether oxygens (including phenoxy) is 1. The molecule has 2 heterocycles. The van der Waals surface area contributed by atoms with Gasteiger partial charge in [0.25, 0.3) is 5.56 Å². The van der Waals surface area contributed by atoms with Crippen LogP contribution in [0.4, 0.5) is 10.5 Å². The predicted octanol–water partition coefficient (Wildman–Crippen LogP) is 4.67. The maximum Gasteiger partial charge on any atom is 0.322 e. The average molecular weight is 463 g/mol. The summed E-state index contributed by atoms with van der Waals surface area (Å²) < 4.78 is 5.21. The Morgan fingerprint density at radius 1 is 1.18 bits per heavy atom. The second kappa shape index (κ2) is 10.3. The molecule has 1 atom stereocenters. The van der Waals surface area contributed by atoms with E-state index >= 15 is 0 Å². The fourth-order valence-corrected chi connectivity index (χ4v) is 4.81. The summed E-state index contributed by atoms with van der Waals surface area (Å²) >= 11 is 0. The molecule has 0 saturated carbocycles. The first kappa shape index (κ1) is 23.8. The lowest BCUT2D eigenvalue weighted by atomic mass is 10.0. The number of anilines is 1. The summed E-state index contributed by atoms with van der Waals surface area (Å²) in [5.41, 5.74) is 4.11. The smallest absolute Gasteiger partial charge is 0.322 e. The Balaban J connectivity index is 1.63. The van der Waals surface area contributed by atoms with Crippen molar-refractivity contribution >= 4 is 22.6 Å². The van der Waals surface area contributed by atoms with Gasteiger partial charge < -0.3 is 19.9 Å². The molecule has 34 heavy (non-hydrogen) atoms. The number of benzene rings is 2. The summed E-state index contributed by atoms with van der Waals surface area (Å²) in [6.45, 7) is 8.99. The number of rotatable bonds is 7. The molecule has 4 rings (SSSR count). The number of fused-ring (bicyclic) bond motifs is 1. The van der Waals surface area contributed by atoms with E-state index < -0.39 is 0 Å². The minimum Gasteiger partial charge on any atom is -0.497 e. The van der Waals surface area contributed by atoms with Gasteiger partial charge in [-0.1, -0.05) is 19.1 Å². The number of likely N-dealkylation sites (tertiary alicyclic amines) is 1. The van der Waals surface area contributed by atoms with E-state index in [9.17, 15) is 9.59 Å². The van der Waals surface area contributed by atoms with Crippen molar-refractivity contribution in [1.82, 2.24) is 14.8 Å².